The van der Waals surface area contributed by atoms with E-state index in [1.54, 1.807) is 24.1 Å². The molecule has 6 rings (SSSR count). The molecule has 36 heavy (non-hydrogen) atoms. The van der Waals surface area contributed by atoms with Gasteiger partial charge >= 0.3 is 0 Å². The molecule has 1 saturated heterocycles. The van der Waals surface area contributed by atoms with Crippen LogP contribution in [0.4, 0.5) is 8.78 Å². The molecular formula is C26H27F2N5O3. The van der Waals surface area contributed by atoms with Crippen LogP contribution in [0.5, 0.6) is 5.75 Å². The van der Waals surface area contributed by atoms with Crippen LogP contribution in [0.3, 0.4) is 0 Å². The highest BCUT2D eigenvalue weighted by atomic mass is 19.2. The molecule has 0 aliphatic carbocycles. The number of carbonyl (C=O) groups is 1. The lowest BCUT2D eigenvalue weighted by Gasteiger charge is -2.31. The van der Waals surface area contributed by atoms with E-state index in [0.717, 1.165) is 18.4 Å². The third-order valence-electron chi connectivity index (χ3n) is 7.06. The fourth-order valence-corrected chi connectivity index (χ4v) is 5.37. The van der Waals surface area contributed by atoms with E-state index in [4.69, 9.17) is 20.2 Å². The molecule has 8 nitrogen and oxygen atoms in total. The third kappa shape index (κ3) is 3.72. The van der Waals surface area contributed by atoms with Gasteiger partial charge in [-0.25, -0.2) is 13.8 Å². The Morgan fingerprint density at radius 3 is 2.83 bits per heavy atom. The van der Waals surface area contributed by atoms with Crippen LogP contribution in [-0.4, -0.2) is 64.4 Å². The summed E-state index contributed by atoms with van der Waals surface area (Å²) in [5.74, 6) is -0.652. The van der Waals surface area contributed by atoms with Crippen LogP contribution in [0.1, 0.15) is 23.2 Å². The van der Waals surface area contributed by atoms with Gasteiger partial charge in [0, 0.05) is 49.8 Å². The van der Waals surface area contributed by atoms with Crippen LogP contribution in [0.25, 0.3) is 33.5 Å². The highest BCUT2D eigenvalue weighted by molar-refractivity contribution is 6.00. The number of amides is 1. The molecule has 188 valence electrons. The molecule has 10 heteroatoms. The van der Waals surface area contributed by atoms with Gasteiger partial charge in [-0.3, -0.25) is 4.79 Å². The molecule has 2 aliphatic heterocycles. The lowest BCUT2D eigenvalue weighted by Crippen LogP contribution is -2.45. The maximum Gasteiger partial charge on any atom is 0.254 e. The summed E-state index contributed by atoms with van der Waals surface area (Å²) in [5.41, 5.74) is 9.30. The summed E-state index contributed by atoms with van der Waals surface area (Å²) in [6, 6.07) is 7.77. The summed E-state index contributed by atoms with van der Waals surface area (Å²) in [6.07, 6.45) is 1.79. The summed E-state index contributed by atoms with van der Waals surface area (Å²) >= 11 is 0. The summed E-state index contributed by atoms with van der Waals surface area (Å²) in [6.45, 7) is 3.00. The van der Waals surface area contributed by atoms with E-state index in [-0.39, 0.29) is 11.9 Å². The number of carbonyl (C=O) groups excluding carboxylic acids is 1. The zero-order valence-electron chi connectivity index (χ0n) is 20.0. The van der Waals surface area contributed by atoms with Crippen molar-refractivity contribution in [3.63, 3.8) is 0 Å². The molecule has 4 heterocycles. The molecule has 0 bridgehead atoms. The van der Waals surface area contributed by atoms with Crippen molar-refractivity contribution in [3.8, 4) is 17.3 Å². The molecule has 4 aromatic rings. The van der Waals surface area contributed by atoms with Crippen molar-refractivity contribution in [1.29, 1.82) is 0 Å². The molecule has 0 unspecified atom stereocenters. The first-order valence-corrected chi connectivity index (χ1v) is 12.1. The second-order valence-corrected chi connectivity index (χ2v) is 9.43. The number of fused-ring (bicyclic) bond motifs is 1. The van der Waals surface area contributed by atoms with Gasteiger partial charge in [0.05, 0.1) is 29.9 Å². The zero-order chi connectivity index (χ0) is 25.0. The van der Waals surface area contributed by atoms with E-state index in [0.29, 0.717) is 78.6 Å². The predicted molar refractivity (Wildman–Crippen MR) is 131 cm³/mol. The third-order valence-corrected chi connectivity index (χ3v) is 7.06. The maximum atomic E-state index is 14.1. The van der Waals surface area contributed by atoms with E-state index in [1.807, 2.05) is 15.2 Å². The van der Waals surface area contributed by atoms with E-state index >= 15 is 0 Å². The fraction of sp³-hybridized carbons (Fsp3) is 0.385. The van der Waals surface area contributed by atoms with Crippen molar-refractivity contribution < 1.29 is 23.0 Å². The Hall–Kier alpha value is -3.50. The van der Waals surface area contributed by atoms with Gasteiger partial charge in [0.25, 0.3) is 5.91 Å². The van der Waals surface area contributed by atoms with E-state index in [2.05, 4.69) is 0 Å². The summed E-state index contributed by atoms with van der Waals surface area (Å²) in [7, 11) is 1.59. The van der Waals surface area contributed by atoms with Crippen molar-refractivity contribution >= 4 is 27.8 Å². The van der Waals surface area contributed by atoms with Crippen LogP contribution < -0.4 is 10.5 Å². The minimum absolute atomic E-state index is 0.0180. The van der Waals surface area contributed by atoms with Gasteiger partial charge in [0.15, 0.2) is 17.5 Å². The average molecular weight is 496 g/mol. The van der Waals surface area contributed by atoms with Crippen LogP contribution in [0, 0.1) is 11.6 Å². The molecule has 2 N–H and O–H groups in total. The van der Waals surface area contributed by atoms with Gasteiger partial charge in [0.1, 0.15) is 17.9 Å². The molecule has 1 amide bonds. The van der Waals surface area contributed by atoms with E-state index in [1.165, 1.54) is 12.1 Å². The largest absolute Gasteiger partial charge is 0.489 e. The molecule has 1 fully saturated rings. The molecule has 2 aromatic carbocycles. The highest BCUT2D eigenvalue weighted by Crippen LogP contribution is 2.37. The number of likely N-dealkylation sites (tertiary alicyclic amines) is 1. The number of halogens is 2. The van der Waals surface area contributed by atoms with Crippen molar-refractivity contribution in [2.24, 2.45) is 5.73 Å². The Balaban J connectivity index is 1.50. The number of imidazole rings is 1. The molecule has 2 aliphatic rings. The standard InChI is InChI=1S/C26H27F2N5O3/c1-35-7-5-32-21-13-19(28)18(27)9-15(21)11-22(32)25-30-20-10-16(12-23-24(20)33(25)6-8-36-23)26(34)31-4-2-3-17(29)14-31/h9-13,17H,2-8,14,29H2,1H3/t17-/m1/s1. The lowest BCUT2D eigenvalue weighted by molar-refractivity contribution is 0.0708. The van der Waals surface area contributed by atoms with Crippen LogP contribution >= 0.6 is 0 Å². The SMILES string of the molecule is COCCn1c(-c2nc3cc(C(=O)N4CCC[C@@H](N)C4)cc4c3n2CCO4)cc2cc(F)c(F)cc21. The number of piperidine rings is 1. The number of aromatic nitrogens is 3. The Morgan fingerprint density at radius 1 is 1.19 bits per heavy atom. The predicted octanol–water partition coefficient (Wildman–Crippen LogP) is 3.54. The van der Waals surface area contributed by atoms with Gasteiger partial charge in [-0.1, -0.05) is 0 Å². The lowest BCUT2D eigenvalue weighted by atomic mass is 10.0. The number of rotatable bonds is 5. The number of nitrogens with zero attached hydrogens (tertiary/aromatic N) is 4. The minimum atomic E-state index is -0.906. The van der Waals surface area contributed by atoms with Gasteiger partial charge in [0.2, 0.25) is 0 Å². The molecule has 0 radical (unpaired) electrons. The van der Waals surface area contributed by atoms with Gasteiger partial charge in [-0.2, -0.15) is 0 Å². The number of benzene rings is 2. The van der Waals surface area contributed by atoms with Crippen LogP contribution in [0.15, 0.2) is 30.3 Å². The summed E-state index contributed by atoms with van der Waals surface area (Å²) in [5, 5.41) is 0.574. The quantitative estimate of drug-likeness (QED) is 0.458. The minimum Gasteiger partial charge on any atom is -0.489 e. The number of nitrogens with two attached hydrogens (primary N) is 1. The Bertz CT molecular complexity index is 1490. The Labute approximate surface area is 206 Å². The summed E-state index contributed by atoms with van der Waals surface area (Å²) < 4.78 is 43.3. The highest BCUT2D eigenvalue weighted by Gasteiger charge is 2.28. The van der Waals surface area contributed by atoms with Crippen molar-refractivity contribution in [1.82, 2.24) is 19.0 Å². The molecule has 2 aromatic heterocycles. The van der Waals surface area contributed by atoms with Gasteiger partial charge < -0.3 is 29.2 Å². The normalized spacial score (nSPS) is 17.7. The number of methoxy groups -OCH3 is 1. The van der Waals surface area contributed by atoms with Crippen molar-refractivity contribution in [3.05, 3.63) is 47.5 Å². The smallest absolute Gasteiger partial charge is 0.254 e. The Kier molecular flexibility index (Phi) is 5.65. The first-order valence-electron chi connectivity index (χ1n) is 12.1. The van der Waals surface area contributed by atoms with Crippen molar-refractivity contribution in [2.45, 2.75) is 32.0 Å². The Morgan fingerprint density at radius 2 is 2.03 bits per heavy atom. The number of hydrogen-bond donors (Lipinski definition) is 1. The molecule has 1 atom stereocenters. The summed E-state index contributed by atoms with van der Waals surface area (Å²) in [4.78, 5) is 20.0. The molecule has 0 spiro atoms. The number of ether oxygens (including phenoxy) is 2. The van der Waals surface area contributed by atoms with E-state index < -0.39 is 11.6 Å². The average Bonchev–Trinajstić information content (AvgIpc) is 3.41. The van der Waals surface area contributed by atoms with E-state index in [9.17, 15) is 13.6 Å². The topological polar surface area (TPSA) is 87.5 Å². The van der Waals surface area contributed by atoms with Crippen LogP contribution in [-0.2, 0) is 17.8 Å². The molecule has 0 saturated carbocycles. The van der Waals surface area contributed by atoms with Gasteiger partial charge in [-0.15, -0.1) is 0 Å². The maximum absolute atomic E-state index is 14.1. The van der Waals surface area contributed by atoms with Crippen molar-refractivity contribution in [2.75, 3.05) is 33.4 Å². The second-order valence-electron chi connectivity index (χ2n) is 9.43. The van der Waals surface area contributed by atoms with Gasteiger partial charge in [-0.05, 0) is 37.1 Å². The second kappa shape index (κ2) is 8.86. The molecular weight excluding hydrogens is 468 g/mol. The fourth-order valence-electron chi connectivity index (χ4n) is 5.37. The first kappa shape index (κ1) is 22.9. The first-order chi connectivity index (χ1) is 17.4. The number of hydrogen-bond acceptors (Lipinski definition) is 5. The zero-order valence-corrected chi connectivity index (χ0v) is 20.0. The monoisotopic (exact) mass is 495 g/mol. The van der Waals surface area contributed by atoms with Crippen LogP contribution in [0.2, 0.25) is 0 Å².